The van der Waals surface area contributed by atoms with E-state index in [-0.39, 0.29) is 17.5 Å². The van der Waals surface area contributed by atoms with Gasteiger partial charge in [0.1, 0.15) is 0 Å². The summed E-state index contributed by atoms with van der Waals surface area (Å²) in [6.07, 6.45) is 7.94. The Morgan fingerprint density at radius 1 is 1.35 bits per heavy atom. The number of aromatic amines is 1. The number of hydrogen-bond donors (Lipinski definition) is 1. The second kappa shape index (κ2) is 5.53. The lowest BCUT2D eigenvalue weighted by atomic mass is 9.96. The van der Waals surface area contributed by atoms with Crippen LogP contribution in [0, 0.1) is 5.82 Å². The molecule has 1 atom stereocenters. The third-order valence-corrected chi connectivity index (χ3v) is 4.47. The highest BCUT2D eigenvalue weighted by Crippen LogP contribution is 2.33. The molecule has 0 saturated carbocycles. The molecule has 3 heterocycles. The number of halogens is 1. The number of furan rings is 1. The van der Waals surface area contributed by atoms with E-state index in [1.54, 1.807) is 12.3 Å². The molecule has 3 aromatic rings. The predicted octanol–water partition coefficient (Wildman–Crippen LogP) is 3.66. The van der Waals surface area contributed by atoms with E-state index >= 15 is 0 Å². The summed E-state index contributed by atoms with van der Waals surface area (Å²) in [5.74, 6) is -0.547. The minimum atomic E-state index is -0.452. The van der Waals surface area contributed by atoms with E-state index in [0.717, 1.165) is 24.8 Å². The van der Waals surface area contributed by atoms with E-state index in [1.165, 1.54) is 18.4 Å². The monoisotopic (exact) mass is 313 g/mol. The van der Waals surface area contributed by atoms with Crippen molar-refractivity contribution in [2.75, 3.05) is 6.54 Å². The summed E-state index contributed by atoms with van der Waals surface area (Å²) in [5, 5.41) is 7.32. The number of aromatic nitrogens is 2. The summed E-state index contributed by atoms with van der Waals surface area (Å²) >= 11 is 0. The van der Waals surface area contributed by atoms with Crippen LogP contribution in [0.4, 0.5) is 4.39 Å². The van der Waals surface area contributed by atoms with Crippen molar-refractivity contribution in [1.29, 1.82) is 0 Å². The van der Waals surface area contributed by atoms with Crippen molar-refractivity contribution in [3.05, 3.63) is 53.8 Å². The standard InChI is InChI=1S/C17H16FN3O2/c18-14-5-4-13(12-6-8-23-16(12)14)17(22)21-7-2-1-3-15(21)11-9-19-20-10-11/h4-6,8-10,15H,1-3,7H2,(H,19,20). The minimum absolute atomic E-state index is 0.00186. The maximum absolute atomic E-state index is 13.8. The number of carbonyl (C=O) groups excluding carboxylic acids is 1. The predicted molar refractivity (Wildman–Crippen MR) is 82.4 cm³/mol. The zero-order chi connectivity index (χ0) is 15.8. The fourth-order valence-electron chi connectivity index (χ4n) is 3.33. The third kappa shape index (κ3) is 2.30. The van der Waals surface area contributed by atoms with Crippen LogP contribution in [0.15, 0.2) is 41.3 Å². The first-order valence-electron chi connectivity index (χ1n) is 7.71. The summed E-state index contributed by atoms with van der Waals surface area (Å²) < 4.78 is 18.9. The van der Waals surface area contributed by atoms with Gasteiger partial charge in [0.2, 0.25) is 0 Å². The van der Waals surface area contributed by atoms with Gasteiger partial charge in [-0.05, 0) is 37.5 Å². The number of nitrogens with one attached hydrogen (secondary N) is 1. The highest BCUT2D eigenvalue weighted by Gasteiger charge is 2.30. The lowest BCUT2D eigenvalue weighted by molar-refractivity contribution is 0.0613. The zero-order valence-electron chi connectivity index (χ0n) is 12.5. The molecule has 0 radical (unpaired) electrons. The van der Waals surface area contributed by atoms with Gasteiger partial charge in [-0.25, -0.2) is 4.39 Å². The SMILES string of the molecule is O=C(c1ccc(F)c2occc12)N1CCCCC1c1cn[nH]c1. The van der Waals surface area contributed by atoms with E-state index in [1.807, 2.05) is 11.1 Å². The van der Waals surface area contributed by atoms with Crippen molar-refractivity contribution < 1.29 is 13.6 Å². The quantitative estimate of drug-likeness (QED) is 0.785. The van der Waals surface area contributed by atoms with Gasteiger partial charge in [0, 0.05) is 23.7 Å². The molecule has 5 nitrogen and oxygen atoms in total. The minimum Gasteiger partial charge on any atom is -0.461 e. The highest BCUT2D eigenvalue weighted by molar-refractivity contribution is 6.06. The second-order valence-corrected chi connectivity index (χ2v) is 5.80. The van der Waals surface area contributed by atoms with E-state index in [4.69, 9.17) is 4.42 Å². The summed E-state index contributed by atoms with van der Waals surface area (Å²) in [6, 6.07) is 4.47. The fraction of sp³-hybridized carbons (Fsp3) is 0.294. The molecular formula is C17H16FN3O2. The molecule has 118 valence electrons. The Hall–Kier alpha value is -2.63. The van der Waals surface area contributed by atoms with E-state index in [2.05, 4.69) is 10.2 Å². The zero-order valence-corrected chi connectivity index (χ0v) is 12.5. The van der Waals surface area contributed by atoms with Gasteiger partial charge in [0.05, 0.1) is 24.1 Å². The number of rotatable bonds is 2. The van der Waals surface area contributed by atoms with Gasteiger partial charge < -0.3 is 9.32 Å². The number of fused-ring (bicyclic) bond motifs is 1. The van der Waals surface area contributed by atoms with Crippen LogP contribution >= 0.6 is 0 Å². The first-order valence-corrected chi connectivity index (χ1v) is 7.71. The third-order valence-electron chi connectivity index (χ3n) is 4.47. The van der Waals surface area contributed by atoms with E-state index < -0.39 is 5.82 Å². The summed E-state index contributed by atoms with van der Waals surface area (Å²) in [4.78, 5) is 14.9. The maximum Gasteiger partial charge on any atom is 0.255 e. The number of benzene rings is 1. The van der Waals surface area contributed by atoms with Crippen LogP contribution in [0.2, 0.25) is 0 Å². The molecule has 1 amide bonds. The maximum atomic E-state index is 13.8. The molecule has 23 heavy (non-hydrogen) atoms. The molecule has 1 unspecified atom stereocenters. The first-order chi connectivity index (χ1) is 11.3. The lowest BCUT2D eigenvalue weighted by Gasteiger charge is -2.35. The van der Waals surface area contributed by atoms with Gasteiger partial charge in [0.25, 0.3) is 5.91 Å². The van der Waals surface area contributed by atoms with Gasteiger partial charge in [0.15, 0.2) is 11.4 Å². The van der Waals surface area contributed by atoms with Crippen LogP contribution in [0.1, 0.15) is 41.2 Å². The second-order valence-electron chi connectivity index (χ2n) is 5.80. The average molecular weight is 313 g/mol. The summed E-state index contributed by atoms with van der Waals surface area (Å²) in [6.45, 7) is 0.686. The van der Waals surface area contributed by atoms with Gasteiger partial charge in [-0.2, -0.15) is 5.10 Å². The molecule has 0 bridgehead atoms. The molecule has 6 heteroatoms. The molecule has 2 aromatic heterocycles. The van der Waals surface area contributed by atoms with E-state index in [9.17, 15) is 9.18 Å². The number of H-pyrrole nitrogens is 1. The number of piperidine rings is 1. The summed E-state index contributed by atoms with van der Waals surface area (Å²) in [5.41, 5.74) is 1.61. The normalized spacial score (nSPS) is 18.5. The Balaban J connectivity index is 1.74. The Labute approximate surface area is 132 Å². The molecule has 1 saturated heterocycles. The number of amides is 1. The van der Waals surface area contributed by atoms with Crippen molar-refractivity contribution >= 4 is 16.9 Å². The topological polar surface area (TPSA) is 62.1 Å². The number of carbonyl (C=O) groups is 1. The van der Waals surface area contributed by atoms with Crippen LogP contribution in [0.3, 0.4) is 0 Å². The molecule has 1 N–H and O–H groups in total. The van der Waals surface area contributed by atoms with Crippen LogP contribution in [0.5, 0.6) is 0 Å². The average Bonchev–Trinajstić information content (AvgIpc) is 3.26. The van der Waals surface area contributed by atoms with Crippen LogP contribution in [-0.4, -0.2) is 27.5 Å². The molecule has 1 aliphatic heterocycles. The molecule has 0 aliphatic carbocycles. The lowest BCUT2D eigenvalue weighted by Crippen LogP contribution is -2.38. The Morgan fingerprint density at radius 2 is 2.26 bits per heavy atom. The first kappa shape index (κ1) is 14.0. The Kier molecular flexibility index (Phi) is 3.37. The molecule has 1 fully saturated rings. The molecule has 1 aliphatic rings. The Morgan fingerprint density at radius 3 is 3.09 bits per heavy atom. The van der Waals surface area contributed by atoms with Crippen molar-refractivity contribution in [3.63, 3.8) is 0 Å². The fourth-order valence-corrected chi connectivity index (χ4v) is 3.33. The van der Waals surface area contributed by atoms with E-state index in [0.29, 0.717) is 17.5 Å². The van der Waals surface area contributed by atoms with Gasteiger partial charge in [-0.15, -0.1) is 0 Å². The molecule has 1 aromatic carbocycles. The van der Waals surface area contributed by atoms with Crippen molar-refractivity contribution in [3.8, 4) is 0 Å². The molecular weight excluding hydrogens is 297 g/mol. The van der Waals surface area contributed by atoms with Gasteiger partial charge >= 0.3 is 0 Å². The summed E-state index contributed by atoms with van der Waals surface area (Å²) in [7, 11) is 0. The van der Waals surface area contributed by atoms with Gasteiger partial charge in [-0.3, -0.25) is 9.89 Å². The van der Waals surface area contributed by atoms with Crippen LogP contribution < -0.4 is 0 Å². The highest BCUT2D eigenvalue weighted by atomic mass is 19.1. The Bertz CT molecular complexity index is 841. The van der Waals surface area contributed by atoms with Crippen LogP contribution in [0.25, 0.3) is 11.0 Å². The largest absolute Gasteiger partial charge is 0.461 e. The van der Waals surface area contributed by atoms with Gasteiger partial charge in [-0.1, -0.05) is 0 Å². The molecule has 4 rings (SSSR count). The van der Waals surface area contributed by atoms with Crippen molar-refractivity contribution in [2.24, 2.45) is 0 Å². The smallest absolute Gasteiger partial charge is 0.255 e. The van der Waals surface area contributed by atoms with Crippen molar-refractivity contribution in [1.82, 2.24) is 15.1 Å². The van der Waals surface area contributed by atoms with Crippen LogP contribution in [-0.2, 0) is 0 Å². The number of hydrogen-bond acceptors (Lipinski definition) is 3. The van der Waals surface area contributed by atoms with Crippen molar-refractivity contribution in [2.45, 2.75) is 25.3 Å². The molecule has 0 spiro atoms. The number of likely N-dealkylation sites (tertiary alicyclic amines) is 1. The number of nitrogens with zero attached hydrogens (tertiary/aromatic N) is 2.